The lowest BCUT2D eigenvalue weighted by molar-refractivity contribution is -0.114. The Hall–Kier alpha value is -2.35. The van der Waals surface area contributed by atoms with Crippen molar-refractivity contribution in [3.05, 3.63) is 56.8 Å². The molecule has 31 heavy (non-hydrogen) atoms. The van der Waals surface area contributed by atoms with Gasteiger partial charge in [-0.2, -0.15) is 15.1 Å². The molecule has 3 heterocycles. The molecule has 0 saturated heterocycles. The summed E-state index contributed by atoms with van der Waals surface area (Å²) in [6, 6.07) is 7.42. The van der Waals surface area contributed by atoms with Crippen molar-refractivity contribution in [3.8, 4) is 5.69 Å². The number of halogens is 2. The van der Waals surface area contributed by atoms with Crippen molar-refractivity contribution in [1.82, 2.24) is 9.58 Å². The quantitative estimate of drug-likeness (QED) is 0.524. The molecule has 0 spiro atoms. The largest absolute Gasteiger partial charge is 0.318 e. The van der Waals surface area contributed by atoms with E-state index in [1.54, 1.807) is 18.2 Å². The lowest BCUT2D eigenvalue weighted by Crippen LogP contribution is -2.35. The van der Waals surface area contributed by atoms with Crippen LogP contribution < -0.4 is 0 Å². The van der Waals surface area contributed by atoms with Gasteiger partial charge in [0.05, 0.1) is 15.6 Å². The number of hydrogen-bond acceptors (Lipinski definition) is 4. The molecule has 1 amide bonds. The third-order valence-electron chi connectivity index (χ3n) is 5.17. The Kier molecular flexibility index (Phi) is 6.10. The van der Waals surface area contributed by atoms with E-state index in [4.69, 9.17) is 28.6 Å². The predicted octanol–water partition coefficient (Wildman–Crippen LogP) is 6.21. The molecule has 0 fully saturated rings. The van der Waals surface area contributed by atoms with E-state index in [2.05, 4.69) is 17.0 Å². The number of amides is 1. The molecule has 0 saturated carbocycles. The molecule has 2 aliphatic rings. The number of aliphatic imine (C=N–C) groups is 1. The van der Waals surface area contributed by atoms with Crippen LogP contribution in [0.1, 0.15) is 43.1 Å². The first kappa shape index (κ1) is 21.9. The number of unbranched alkanes of at least 4 members (excludes halogenated alkanes) is 1. The third kappa shape index (κ3) is 4.10. The Labute approximate surface area is 195 Å². The Morgan fingerprint density at radius 2 is 1.97 bits per heavy atom. The number of carbonyl (C=O) groups excluding carboxylic acids is 1. The van der Waals surface area contributed by atoms with Gasteiger partial charge in [-0.25, -0.2) is 0 Å². The van der Waals surface area contributed by atoms with Crippen molar-refractivity contribution < 1.29 is 4.79 Å². The second-order valence-electron chi connectivity index (χ2n) is 7.38. The first-order valence-electron chi connectivity index (χ1n) is 9.93. The van der Waals surface area contributed by atoms with Gasteiger partial charge in [-0.3, -0.25) is 10.2 Å². The van der Waals surface area contributed by atoms with Crippen LogP contribution in [-0.4, -0.2) is 31.5 Å². The molecule has 9 heteroatoms. The molecule has 0 aliphatic carbocycles. The van der Waals surface area contributed by atoms with Crippen LogP contribution in [-0.2, 0) is 4.79 Å². The summed E-state index contributed by atoms with van der Waals surface area (Å²) in [6.07, 6.45) is 4.60. The first-order chi connectivity index (χ1) is 14.8. The normalized spacial score (nSPS) is 17.3. The zero-order chi connectivity index (χ0) is 22.3. The van der Waals surface area contributed by atoms with Crippen molar-refractivity contribution in [2.24, 2.45) is 10.1 Å². The Bertz CT molecular complexity index is 1190. The van der Waals surface area contributed by atoms with Gasteiger partial charge in [0.25, 0.3) is 5.91 Å². The molecule has 0 unspecified atom stereocenters. The van der Waals surface area contributed by atoms with Gasteiger partial charge < -0.3 is 4.57 Å². The molecule has 160 valence electrons. The summed E-state index contributed by atoms with van der Waals surface area (Å²) >= 11 is 13.6. The van der Waals surface area contributed by atoms with E-state index in [1.165, 1.54) is 16.8 Å². The number of rotatable bonds is 5. The topological polar surface area (TPSA) is 73.8 Å². The van der Waals surface area contributed by atoms with Crippen LogP contribution in [0.3, 0.4) is 0 Å². The van der Waals surface area contributed by atoms with E-state index in [-0.39, 0.29) is 11.4 Å². The number of amidine groups is 2. The van der Waals surface area contributed by atoms with Gasteiger partial charge in [0.2, 0.25) is 5.17 Å². The van der Waals surface area contributed by atoms with Crippen molar-refractivity contribution >= 4 is 63.0 Å². The number of aryl methyl sites for hydroxylation is 1. The lowest BCUT2D eigenvalue weighted by atomic mass is 10.1. The molecule has 1 aromatic carbocycles. The summed E-state index contributed by atoms with van der Waals surface area (Å²) in [5, 5.41) is 16.8. The number of nitrogens with zero attached hydrogens (tertiary/aromatic N) is 4. The molecule has 1 aromatic heterocycles. The molecule has 2 aromatic rings. The fourth-order valence-corrected chi connectivity index (χ4v) is 4.79. The Balaban J connectivity index is 1.69. The van der Waals surface area contributed by atoms with Crippen molar-refractivity contribution in [3.63, 3.8) is 0 Å². The summed E-state index contributed by atoms with van der Waals surface area (Å²) in [5.41, 5.74) is 3.82. The van der Waals surface area contributed by atoms with Crippen LogP contribution in [0.25, 0.3) is 11.8 Å². The van der Waals surface area contributed by atoms with E-state index < -0.39 is 5.91 Å². The Morgan fingerprint density at radius 3 is 2.68 bits per heavy atom. The number of aromatic nitrogens is 1. The second-order valence-corrected chi connectivity index (χ2v) is 9.23. The standard InChI is InChI=1S/C22H21Cl2N5OS/c1-4-5-6-19-27-29-20(25)16(21(30)26-22(29)31-19)10-14-9-12(2)28(13(14)3)15-7-8-17(23)18(24)11-15/h7-11,25H,4-6H2,1-3H3. The van der Waals surface area contributed by atoms with Crippen LogP contribution >= 0.6 is 35.0 Å². The predicted molar refractivity (Wildman–Crippen MR) is 130 cm³/mol. The molecular weight excluding hydrogens is 453 g/mol. The summed E-state index contributed by atoms with van der Waals surface area (Å²) in [4.78, 5) is 16.9. The average molecular weight is 474 g/mol. The molecule has 0 atom stereocenters. The minimum atomic E-state index is -0.421. The van der Waals surface area contributed by atoms with Crippen molar-refractivity contribution in [1.29, 1.82) is 5.41 Å². The fourth-order valence-electron chi connectivity index (χ4n) is 3.57. The highest BCUT2D eigenvalue weighted by Crippen LogP contribution is 2.32. The smallest absolute Gasteiger partial charge is 0.283 e. The maximum atomic E-state index is 12.7. The zero-order valence-electron chi connectivity index (χ0n) is 17.4. The number of hydrazone groups is 1. The number of carbonyl (C=O) groups is 1. The Morgan fingerprint density at radius 1 is 1.19 bits per heavy atom. The van der Waals surface area contributed by atoms with E-state index in [9.17, 15) is 4.79 Å². The van der Waals surface area contributed by atoms with Gasteiger partial charge in [0.1, 0.15) is 5.04 Å². The maximum absolute atomic E-state index is 12.7. The van der Waals surface area contributed by atoms with E-state index in [1.807, 2.05) is 30.5 Å². The minimum absolute atomic E-state index is 0.0494. The highest BCUT2D eigenvalue weighted by Gasteiger charge is 2.35. The summed E-state index contributed by atoms with van der Waals surface area (Å²) < 4.78 is 2.03. The second kappa shape index (κ2) is 8.65. The van der Waals surface area contributed by atoms with Crippen LogP contribution in [0.4, 0.5) is 0 Å². The molecular formula is C22H21Cl2N5OS. The summed E-state index contributed by atoms with van der Waals surface area (Å²) in [7, 11) is 0. The number of hydrogen-bond donors (Lipinski definition) is 1. The molecule has 0 radical (unpaired) electrons. The van der Waals surface area contributed by atoms with Crippen molar-refractivity contribution in [2.75, 3.05) is 0 Å². The third-order valence-corrected chi connectivity index (χ3v) is 6.88. The van der Waals surface area contributed by atoms with E-state index in [0.29, 0.717) is 15.2 Å². The van der Waals surface area contributed by atoms with Gasteiger partial charge in [-0.05, 0) is 74.4 Å². The van der Waals surface area contributed by atoms with Gasteiger partial charge >= 0.3 is 0 Å². The highest BCUT2D eigenvalue weighted by atomic mass is 35.5. The van der Waals surface area contributed by atoms with Gasteiger partial charge in [0, 0.05) is 17.1 Å². The van der Waals surface area contributed by atoms with E-state index in [0.717, 1.165) is 46.9 Å². The average Bonchev–Trinajstić information content (AvgIpc) is 3.26. The number of fused-ring (bicyclic) bond motifs is 1. The maximum Gasteiger partial charge on any atom is 0.283 e. The fraction of sp³-hybridized carbons (Fsp3) is 0.273. The van der Waals surface area contributed by atoms with Gasteiger partial charge in [-0.1, -0.05) is 36.5 Å². The SMILES string of the molecule is CCCCC1=NN2C(=N)C(=Cc3cc(C)n(-c4ccc(Cl)c(Cl)c4)c3C)C(=O)N=C2S1. The first-order valence-corrected chi connectivity index (χ1v) is 11.5. The van der Waals surface area contributed by atoms with Crippen LogP contribution in [0, 0.1) is 19.3 Å². The minimum Gasteiger partial charge on any atom is -0.318 e. The van der Waals surface area contributed by atoms with Gasteiger partial charge in [0.15, 0.2) is 5.84 Å². The summed E-state index contributed by atoms with van der Waals surface area (Å²) in [6.45, 7) is 6.05. The van der Waals surface area contributed by atoms with Crippen LogP contribution in [0.2, 0.25) is 10.0 Å². The van der Waals surface area contributed by atoms with Crippen LogP contribution in [0.15, 0.2) is 39.9 Å². The summed E-state index contributed by atoms with van der Waals surface area (Å²) in [5.74, 6) is -0.372. The van der Waals surface area contributed by atoms with Crippen molar-refractivity contribution in [2.45, 2.75) is 40.0 Å². The molecule has 4 rings (SSSR count). The number of nitrogens with one attached hydrogen (secondary N) is 1. The lowest BCUT2D eigenvalue weighted by Gasteiger charge is -2.20. The van der Waals surface area contributed by atoms with Crippen LogP contribution in [0.5, 0.6) is 0 Å². The number of thioether (sulfide) groups is 1. The molecule has 2 aliphatic heterocycles. The zero-order valence-corrected chi connectivity index (χ0v) is 19.7. The van der Waals surface area contributed by atoms with Gasteiger partial charge in [-0.15, -0.1) is 0 Å². The monoisotopic (exact) mass is 473 g/mol. The molecule has 6 nitrogen and oxygen atoms in total. The number of benzene rings is 1. The highest BCUT2D eigenvalue weighted by molar-refractivity contribution is 8.26. The molecule has 1 N–H and O–H groups in total. The van der Waals surface area contributed by atoms with E-state index >= 15 is 0 Å². The molecule has 0 bridgehead atoms.